The number of aromatic nitrogens is 3. The Bertz CT molecular complexity index is 765. The van der Waals surface area contributed by atoms with Crippen molar-refractivity contribution >= 4 is 11.9 Å². The number of carbonyl (C=O) groups is 1. The molecule has 100 valence electrons. The summed E-state index contributed by atoms with van der Waals surface area (Å²) >= 11 is 0. The van der Waals surface area contributed by atoms with Gasteiger partial charge >= 0.3 is 0 Å². The second kappa shape index (κ2) is 5.13. The van der Waals surface area contributed by atoms with Crippen molar-refractivity contribution in [2.24, 2.45) is 0 Å². The highest BCUT2D eigenvalue weighted by molar-refractivity contribution is 5.78. The average molecular weight is 267 g/mol. The molecule has 20 heavy (non-hydrogen) atoms. The van der Waals surface area contributed by atoms with Crippen LogP contribution < -0.4 is 4.74 Å². The van der Waals surface area contributed by atoms with Crippen LogP contribution in [0, 0.1) is 6.92 Å². The number of carbonyl (C=O) groups excluding carboxylic acids is 1. The fraction of sp³-hybridized carbons (Fsp3) is 0.133. The van der Waals surface area contributed by atoms with E-state index in [1.165, 1.54) is 0 Å². The first kappa shape index (κ1) is 12.3. The summed E-state index contributed by atoms with van der Waals surface area (Å²) in [5, 5.41) is 0. The van der Waals surface area contributed by atoms with Crippen LogP contribution in [-0.4, -0.2) is 20.7 Å². The summed E-state index contributed by atoms with van der Waals surface area (Å²) in [6.45, 7) is 2.20. The zero-order valence-electron chi connectivity index (χ0n) is 11.0. The maximum Gasteiger partial charge on any atom is 0.224 e. The van der Waals surface area contributed by atoms with Crippen molar-refractivity contribution in [3.05, 3.63) is 59.7 Å². The highest BCUT2D eigenvalue weighted by Gasteiger charge is 2.07. The summed E-state index contributed by atoms with van der Waals surface area (Å²) in [7, 11) is 0. The molecule has 3 aromatic rings. The van der Waals surface area contributed by atoms with E-state index in [1.807, 2.05) is 35.9 Å². The van der Waals surface area contributed by atoms with E-state index in [0.717, 1.165) is 23.1 Å². The lowest BCUT2D eigenvalue weighted by Gasteiger charge is -2.08. The number of pyridine rings is 2. The van der Waals surface area contributed by atoms with Gasteiger partial charge in [-0.2, -0.15) is 0 Å². The van der Waals surface area contributed by atoms with Crippen LogP contribution in [0.5, 0.6) is 5.88 Å². The summed E-state index contributed by atoms with van der Waals surface area (Å²) in [4.78, 5) is 19.5. The van der Waals surface area contributed by atoms with Gasteiger partial charge in [-0.3, -0.25) is 4.79 Å². The molecule has 0 radical (unpaired) electrons. The number of nitrogens with zero attached hydrogens (tertiary/aromatic N) is 3. The molecule has 0 aromatic carbocycles. The van der Waals surface area contributed by atoms with Crippen molar-refractivity contribution in [1.29, 1.82) is 0 Å². The molecule has 3 aromatic heterocycles. The molecule has 0 saturated carbocycles. The number of hydrogen-bond donors (Lipinski definition) is 0. The van der Waals surface area contributed by atoms with Crippen molar-refractivity contribution in [3.8, 4) is 5.88 Å². The number of aldehydes is 1. The van der Waals surface area contributed by atoms with Crippen LogP contribution in [-0.2, 0) is 6.61 Å². The van der Waals surface area contributed by atoms with E-state index in [9.17, 15) is 4.79 Å². The standard InChI is InChI=1S/C15H13N3O2/c1-11-7-13(9-19)15(17-8-11)20-10-12-3-2-5-18-6-4-16-14(12)18/h2-9H,10H2,1H3. The molecule has 0 aliphatic rings. The number of aryl methyl sites for hydroxylation is 1. The molecular weight excluding hydrogens is 254 g/mol. The van der Waals surface area contributed by atoms with E-state index in [0.29, 0.717) is 18.1 Å². The molecule has 0 aliphatic heterocycles. The number of ether oxygens (including phenoxy) is 1. The van der Waals surface area contributed by atoms with E-state index >= 15 is 0 Å². The largest absolute Gasteiger partial charge is 0.472 e. The highest BCUT2D eigenvalue weighted by Crippen LogP contribution is 2.17. The first-order valence-corrected chi connectivity index (χ1v) is 6.23. The Labute approximate surface area is 115 Å². The van der Waals surface area contributed by atoms with Crippen LogP contribution in [0.2, 0.25) is 0 Å². The second-order valence-electron chi connectivity index (χ2n) is 4.51. The topological polar surface area (TPSA) is 56.5 Å². The monoisotopic (exact) mass is 267 g/mol. The Hall–Kier alpha value is -2.69. The molecule has 0 saturated heterocycles. The molecule has 0 N–H and O–H groups in total. The SMILES string of the molecule is Cc1cnc(OCc2cccn3ccnc23)c(C=O)c1. The molecular formula is C15H13N3O2. The predicted octanol–water partition coefficient (Wildman–Crippen LogP) is 2.43. The van der Waals surface area contributed by atoms with Gasteiger partial charge in [-0.15, -0.1) is 0 Å². The summed E-state index contributed by atoms with van der Waals surface area (Å²) in [5.41, 5.74) is 3.17. The lowest BCUT2D eigenvalue weighted by Crippen LogP contribution is -2.02. The number of rotatable bonds is 4. The first-order valence-electron chi connectivity index (χ1n) is 6.23. The van der Waals surface area contributed by atoms with Gasteiger partial charge in [0, 0.05) is 30.4 Å². The number of fused-ring (bicyclic) bond motifs is 1. The fourth-order valence-corrected chi connectivity index (χ4v) is 2.05. The minimum absolute atomic E-state index is 0.318. The molecule has 0 amide bonds. The van der Waals surface area contributed by atoms with Crippen molar-refractivity contribution in [3.63, 3.8) is 0 Å². The number of imidazole rings is 1. The Morgan fingerprint density at radius 1 is 1.35 bits per heavy atom. The van der Waals surface area contributed by atoms with E-state index in [2.05, 4.69) is 9.97 Å². The maximum atomic E-state index is 11.0. The van der Waals surface area contributed by atoms with E-state index in [-0.39, 0.29) is 0 Å². The summed E-state index contributed by atoms with van der Waals surface area (Å²) in [6.07, 6.45) is 7.97. The van der Waals surface area contributed by atoms with Gasteiger partial charge in [-0.1, -0.05) is 6.07 Å². The van der Waals surface area contributed by atoms with E-state index in [1.54, 1.807) is 18.5 Å². The maximum absolute atomic E-state index is 11.0. The highest BCUT2D eigenvalue weighted by atomic mass is 16.5. The van der Waals surface area contributed by atoms with Gasteiger partial charge in [0.15, 0.2) is 6.29 Å². The molecule has 3 rings (SSSR count). The van der Waals surface area contributed by atoms with E-state index in [4.69, 9.17) is 4.74 Å². The molecule has 0 unspecified atom stereocenters. The normalized spacial score (nSPS) is 10.7. The van der Waals surface area contributed by atoms with Crippen LogP contribution in [0.25, 0.3) is 5.65 Å². The van der Waals surface area contributed by atoms with Crippen LogP contribution in [0.1, 0.15) is 21.5 Å². The number of hydrogen-bond acceptors (Lipinski definition) is 4. The summed E-state index contributed by atoms with van der Waals surface area (Å²) < 4.78 is 7.57. The summed E-state index contributed by atoms with van der Waals surface area (Å²) in [5.74, 6) is 0.346. The smallest absolute Gasteiger partial charge is 0.224 e. The molecule has 0 fully saturated rings. The van der Waals surface area contributed by atoms with Gasteiger partial charge in [0.1, 0.15) is 12.3 Å². The molecule has 5 nitrogen and oxygen atoms in total. The molecule has 0 atom stereocenters. The van der Waals surface area contributed by atoms with Crippen LogP contribution >= 0.6 is 0 Å². The Balaban J connectivity index is 1.86. The lowest BCUT2D eigenvalue weighted by molar-refractivity contribution is 0.111. The van der Waals surface area contributed by atoms with Crippen molar-refractivity contribution in [2.75, 3.05) is 0 Å². The average Bonchev–Trinajstić information content (AvgIpc) is 2.94. The Kier molecular flexibility index (Phi) is 3.16. The minimum atomic E-state index is 0.318. The molecule has 0 aliphatic carbocycles. The fourth-order valence-electron chi connectivity index (χ4n) is 2.05. The third-order valence-corrected chi connectivity index (χ3v) is 3.01. The molecule has 3 heterocycles. The van der Waals surface area contributed by atoms with Crippen LogP contribution in [0.4, 0.5) is 0 Å². The van der Waals surface area contributed by atoms with E-state index < -0.39 is 0 Å². The Morgan fingerprint density at radius 2 is 2.25 bits per heavy atom. The Morgan fingerprint density at radius 3 is 3.10 bits per heavy atom. The second-order valence-corrected chi connectivity index (χ2v) is 4.51. The van der Waals surface area contributed by atoms with Gasteiger partial charge in [-0.05, 0) is 24.6 Å². The van der Waals surface area contributed by atoms with Crippen molar-refractivity contribution < 1.29 is 9.53 Å². The zero-order chi connectivity index (χ0) is 13.9. The first-order chi connectivity index (χ1) is 9.78. The van der Waals surface area contributed by atoms with Crippen LogP contribution in [0.15, 0.2) is 43.0 Å². The zero-order valence-corrected chi connectivity index (χ0v) is 11.0. The summed E-state index contributed by atoms with van der Waals surface area (Å²) in [6, 6.07) is 5.62. The predicted molar refractivity (Wildman–Crippen MR) is 73.9 cm³/mol. The quantitative estimate of drug-likeness (QED) is 0.681. The van der Waals surface area contributed by atoms with Crippen molar-refractivity contribution in [2.45, 2.75) is 13.5 Å². The van der Waals surface area contributed by atoms with Gasteiger partial charge in [0.05, 0.1) is 5.56 Å². The molecule has 0 bridgehead atoms. The van der Waals surface area contributed by atoms with Gasteiger partial charge < -0.3 is 9.14 Å². The van der Waals surface area contributed by atoms with Gasteiger partial charge in [-0.25, -0.2) is 9.97 Å². The molecule has 0 spiro atoms. The third-order valence-electron chi connectivity index (χ3n) is 3.01. The minimum Gasteiger partial charge on any atom is -0.472 e. The van der Waals surface area contributed by atoms with Crippen molar-refractivity contribution in [1.82, 2.24) is 14.4 Å². The van der Waals surface area contributed by atoms with Gasteiger partial charge in [0.2, 0.25) is 5.88 Å². The third kappa shape index (κ3) is 2.25. The lowest BCUT2D eigenvalue weighted by atomic mass is 10.2. The van der Waals surface area contributed by atoms with Crippen LogP contribution in [0.3, 0.4) is 0 Å². The molecule has 5 heteroatoms. The van der Waals surface area contributed by atoms with Gasteiger partial charge in [0.25, 0.3) is 0 Å².